The molecule has 176 valence electrons. The van der Waals surface area contributed by atoms with Crippen molar-refractivity contribution >= 4 is 23.2 Å². The largest absolute Gasteiger partial charge is 0.489 e. The average molecular weight is 477 g/mol. The molecule has 0 bridgehead atoms. The Morgan fingerprint density at radius 1 is 1.18 bits per heavy atom. The number of nitrogens with two attached hydrogens (primary N) is 1. The Kier molecular flexibility index (Phi) is 7.45. The predicted molar refractivity (Wildman–Crippen MR) is 133 cm³/mol. The van der Waals surface area contributed by atoms with Gasteiger partial charge in [-0.3, -0.25) is 14.5 Å². The lowest BCUT2D eigenvalue weighted by Crippen LogP contribution is -2.29. The third-order valence-electron chi connectivity index (χ3n) is 5.98. The maximum Gasteiger partial charge on any atom is 0.304 e. The molecule has 7 heteroatoms. The first-order valence-corrected chi connectivity index (χ1v) is 12.0. The second kappa shape index (κ2) is 10.7. The number of primary amides is 1. The van der Waals surface area contributed by atoms with E-state index in [2.05, 4.69) is 23.6 Å². The van der Waals surface area contributed by atoms with Crippen LogP contribution in [0, 0.1) is 0 Å². The summed E-state index contributed by atoms with van der Waals surface area (Å²) in [5.41, 5.74) is 9.85. The molecule has 0 saturated carbocycles. The smallest absolute Gasteiger partial charge is 0.304 e. The molecule has 0 saturated heterocycles. The third kappa shape index (κ3) is 5.92. The van der Waals surface area contributed by atoms with Crippen LogP contribution < -0.4 is 10.5 Å². The molecular formula is C27H28N2O4S. The Morgan fingerprint density at radius 2 is 1.94 bits per heavy atom. The highest BCUT2D eigenvalue weighted by Crippen LogP contribution is 2.29. The molecule has 34 heavy (non-hydrogen) atoms. The minimum Gasteiger partial charge on any atom is -0.489 e. The van der Waals surface area contributed by atoms with E-state index in [1.54, 1.807) is 6.08 Å². The molecule has 6 nitrogen and oxygen atoms in total. The molecule has 2 heterocycles. The van der Waals surface area contributed by atoms with Gasteiger partial charge in [-0.05, 0) is 46.9 Å². The molecule has 1 aromatic heterocycles. The molecular weight excluding hydrogens is 448 g/mol. The second-order valence-corrected chi connectivity index (χ2v) is 9.64. The van der Waals surface area contributed by atoms with Gasteiger partial charge >= 0.3 is 5.97 Å². The van der Waals surface area contributed by atoms with Crippen LogP contribution in [0.5, 0.6) is 5.75 Å². The minimum absolute atomic E-state index is 0.0214. The minimum atomic E-state index is -0.846. The maximum atomic E-state index is 11.5. The van der Waals surface area contributed by atoms with Crippen molar-refractivity contribution in [2.45, 2.75) is 38.5 Å². The number of hydrogen-bond acceptors (Lipinski definition) is 5. The lowest BCUT2D eigenvalue weighted by Gasteiger charge is -2.26. The first-order valence-electron chi connectivity index (χ1n) is 11.2. The van der Waals surface area contributed by atoms with Gasteiger partial charge < -0.3 is 15.6 Å². The van der Waals surface area contributed by atoms with Crippen molar-refractivity contribution in [3.8, 4) is 5.75 Å². The number of ether oxygens (including phenoxy) is 1. The number of benzene rings is 2. The van der Waals surface area contributed by atoms with Gasteiger partial charge in [0.15, 0.2) is 0 Å². The van der Waals surface area contributed by atoms with Gasteiger partial charge in [0.25, 0.3) is 5.91 Å². The summed E-state index contributed by atoms with van der Waals surface area (Å²) in [4.78, 5) is 26.8. The van der Waals surface area contributed by atoms with Crippen LogP contribution in [-0.4, -0.2) is 28.4 Å². The fourth-order valence-corrected chi connectivity index (χ4v) is 5.24. The highest BCUT2D eigenvalue weighted by Gasteiger charge is 2.20. The number of aliphatic carboxylic acids is 1. The van der Waals surface area contributed by atoms with Crippen LogP contribution in [0.15, 0.2) is 67.3 Å². The Hall–Kier alpha value is -3.42. The van der Waals surface area contributed by atoms with E-state index in [-0.39, 0.29) is 18.2 Å². The highest BCUT2D eigenvalue weighted by molar-refractivity contribution is 7.14. The van der Waals surface area contributed by atoms with Gasteiger partial charge in [-0.15, -0.1) is 17.9 Å². The van der Waals surface area contributed by atoms with E-state index in [1.807, 2.05) is 42.5 Å². The van der Waals surface area contributed by atoms with Gasteiger partial charge in [0.1, 0.15) is 12.4 Å². The van der Waals surface area contributed by atoms with Gasteiger partial charge in [-0.2, -0.15) is 0 Å². The van der Waals surface area contributed by atoms with Crippen molar-refractivity contribution in [1.82, 2.24) is 4.90 Å². The molecule has 2 aromatic carbocycles. The lowest BCUT2D eigenvalue weighted by atomic mass is 9.96. The summed E-state index contributed by atoms with van der Waals surface area (Å²) in [6, 6.07) is 17.8. The van der Waals surface area contributed by atoms with Gasteiger partial charge in [-0.25, -0.2) is 0 Å². The summed E-state index contributed by atoms with van der Waals surface area (Å²) >= 11 is 1.52. The fraction of sp³-hybridized carbons (Fsp3) is 0.259. The SMILES string of the molecule is C=C[C@@H](CC(=O)O)c1ccc(OCc2cccc(CN3CCc4sc(C(N)=O)cc4C3)c2)cc1. The van der Waals surface area contributed by atoms with Crippen molar-refractivity contribution in [2.75, 3.05) is 6.54 Å². The van der Waals surface area contributed by atoms with Crippen LogP contribution in [0.2, 0.25) is 0 Å². The molecule has 0 aliphatic carbocycles. The second-order valence-electron chi connectivity index (χ2n) is 8.50. The average Bonchev–Trinajstić information content (AvgIpc) is 3.26. The number of amides is 1. The van der Waals surface area contributed by atoms with Crippen LogP contribution in [0.25, 0.3) is 0 Å². The number of nitrogens with zero attached hydrogens (tertiary/aromatic N) is 1. The van der Waals surface area contributed by atoms with Gasteiger partial charge in [0.2, 0.25) is 0 Å². The molecule has 0 unspecified atom stereocenters. The highest BCUT2D eigenvalue weighted by atomic mass is 32.1. The molecule has 3 N–H and O–H groups in total. The Labute approximate surface area is 203 Å². The monoisotopic (exact) mass is 476 g/mol. The van der Waals surface area contributed by atoms with Crippen LogP contribution >= 0.6 is 11.3 Å². The van der Waals surface area contributed by atoms with Crippen molar-refractivity contribution in [3.63, 3.8) is 0 Å². The topological polar surface area (TPSA) is 92.9 Å². The quantitative estimate of drug-likeness (QED) is 0.413. The van der Waals surface area contributed by atoms with E-state index in [0.29, 0.717) is 11.5 Å². The lowest BCUT2D eigenvalue weighted by molar-refractivity contribution is -0.137. The number of carbonyl (C=O) groups excluding carboxylic acids is 1. The van der Waals surface area contributed by atoms with Crippen molar-refractivity contribution in [1.29, 1.82) is 0 Å². The summed E-state index contributed by atoms with van der Waals surface area (Å²) in [7, 11) is 0. The summed E-state index contributed by atoms with van der Waals surface area (Å²) in [6.07, 6.45) is 2.62. The number of thiophene rings is 1. The Bertz CT molecular complexity index is 1190. The summed E-state index contributed by atoms with van der Waals surface area (Å²) in [6.45, 7) is 6.79. The van der Waals surface area contributed by atoms with Crippen LogP contribution in [0.3, 0.4) is 0 Å². The number of fused-ring (bicyclic) bond motifs is 1. The Morgan fingerprint density at radius 3 is 2.65 bits per heavy atom. The number of allylic oxidation sites excluding steroid dienone is 1. The molecule has 1 amide bonds. The molecule has 0 spiro atoms. The Balaban J connectivity index is 1.33. The zero-order chi connectivity index (χ0) is 24.1. The summed E-state index contributed by atoms with van der Waals surface area (Å²) < 4.78 is 5.96. The van der Waals surface area contributed by atoms with Crippen molar-refractivity contribution < 1.29 is 19.4 Å². The molecule has 1 atom stereocenters. The number of carbonyl (C=O) groups is 2. The molecule has 1 aliphatic rings. The predicted octanol–water partition coefficient (Wildman–Crippen LogP) is 4.73. The van der Waals surface area contributed by atoms with Gasteiger partial charge in [0, 0.05) is 30.4 Å². The van der Waals surface area contributed by atoms with Crippen LogP contribution in [0.1, 0.15) is 49.1 Å². The van der Waals surface area contributed by atoms with E-state index >= 15 is 0 Å². The molecule has 0 fully saturated rings. The molecule has 1 aliphatic heterocycles. The third-order valence-corrected chi connectivity index (χ3v) is 7.23. The van der Waals surface area contributed by atoms with Crippen molar-refractivity contribution in [2.24, 2.45) is 5.73 Å². The molecule has 4 rings (SSSR count). The first kappa shape index (κ1) is 23.7. The number of carboxylic acids is 1. The maximum absolute atomic E-state index is 11.5. The van der Waals surface area contributed by atoms with E-state index in [0.717, 1.165) is 42.9 Å². The van der Waals surface area contributed by atoms with Crippen LogP contribution in [-0.2, 0) is 30.9 Å². The van der Waals surface area contributed by atoms with Crippen LogP contribution in [0.4, 0.5) is 0 Å². The van der Waals surface area contributed by atoms with Crippen molar-refractivity contribution in [3.05, 3.63) is 99.3 Å². The van der Waals surface area contributed by atoms with E-state index in [4.69, 9.17) is 15.6 Å². The van der Waals surface area contributed by atoms with Gasteiger partial charge in [0.05, 0.1) is 11.3 Å². The number of rotatable bonds is 10. The first-order chi connectivity index (χ1) is 16.4. The van der Waals surface area contributed by atoms with E-state index < -0.39 is 5.97 Å². The molecule has 0 radical (unpaired) electrons. The summed E-state index contributed by atoms with van der Waals surface area (Å²) in [5.74, 6) is -0.681. The summed E-state index contributed by atoms with van der Waals surface area (Å²) in [5, 5.41) is 9.04. The van der Waals surface area contributed by atoms with E-state index in [1.165, 1.54) is 27.3 Å². The van der Waals surface area contributed by atoms with Gasteiger partial charge in [-0.1, -0.05) is 42.5 Å². The number of carboxylic acid groups (broad SMARTS) is 1. The van der Waals surface area contributed by atoms with E-state index in [9.17, 15) is 9.59 Å². The zero-order valence-corrected chi connectivity index (χ0v) is 19.7. The zero-order valence-electron chi connectivity index (χ0n) is 18.9. The number of hydrogen-bond donors (Lipinski definition) is 2. The fourth-order valence-electron chi connectivity index (χ4n) is 4.23. The normalized spacial score (nSPS) is 14.2. The standard InChI is InChI=1S/C27H28N2O4S/c1-2-20(14-26(30)31)21-6-8-23(9-7-21)33-17-19-5-3-4-18(12-19)15-29-11-10-24-22(16-29)13-25(34-24)27(28)32/h2-9,12-13,20H,1,10-11,14-17H2,(H2,28,32)(H,30,31)/t20-/m0/s1. The molecule has 3 aromatic rings.